The molecule has 0 radical (unpaired) electrons. The number of carbonyl (C=O) groups excluding carboxylic acids is 1. The lowest BCUT2D eigenvalue weighted by Gasteiger charge is -2.28. The topological polar surface area (TPSA) is 29.5 Å². The molecule has 3 nitrogen and oxygen atoms in total. The summed E-state index contributed by atoms with van der Waals surface area (Å²) in [5.74, 6) is 0.329. The highest BCUT2D eigenvalue weighted by Crippen LogP contribution is 2.15. The Hall–Kier alpha value is -0.410. The molecule has 1 aliphatic rings. The Balaban J connectivity index is 2.42. The zero-order chi connectivity index (χ0) is 11.3. The summed E-state index contributed by atoms with van der Waals surface area (Å²) in [7, 11) is 0. The molecule has 1 heterocycles. The van der Waals surface area contributed by atoms with Crippen molar-refractivity contribution in [1.82, 2.24) is 4.90 Å². The van der Waals surface area contributed by atoms with Gasteiger partial charge in [0.1, 0.15) is 5.78 Å². The highest BCUT2D eigenvalue weighted by Gasteiger charge is 2.24. The van der Waals surface area contributed by atoms with Gasteiger partial charge in [0, 0.05) is 19.6 Å². The van der Waals surface area contributed by atoms with Crippen LogP contribution < -0.4 is 0 Å². The molecule has 1 fully saturated rings. The second-order valence-electron chi connectivity index (χ2n) is 4.22. The Morgan fingerprint density at radius 1 is 1.53 bits per heavy atom. The van der Waals surface area contributed by atoms with E-state index < -0.39 is 0 Å². The van der Waals surface area contributed by atoms with E-state index >= 15 is 0 Å². The molecule has 0 aromatic carbocycles. The van der Waals surface area contributed by atoms with Crippen LogP contribution in [0.5, 0.6) is 0 Å². The molecule has 88 valence electrons. The van der Waals surface area contributed by atoms with Gasteiger partial charge in [-0.15, -0.1) is 0 Å². The van der Waals surface area contributed by atoms with Crippen molar-refractivity contribution in [2.75, 3.05) is 19.7 Å². The fourth-order valence-electron chi connectivity index (χ4n) is 2.11. The lowest BCUT2D eigenvalue weighted by Crippen LogP contribution is -2.42. The first-order chi connectivity index (χ1) is 7.19. The van der Waals surface area contributed by atoms with E-state index in [1.807, 2.05) is 13.8 Å². The van der Waals surface area contributed by atoms with Crippen molar-refractivity contribution in [3.8, 4) is 0 Å². The summed E-state index contributed by atoms with van der Waals surface area (Å²) in [5.41, 5.74) is 0. The average molecular weight is 213 g/mol. The third-order valence-electron chi connectivity index (χ3n) is 3.23. The summed E-state index contributed by atoms with van der Waals surface area (Å²) >= 11 is 0. The maximum absolute atomic E-state index is 11.6. The highest BCUT2D eigenvalue weighted by molar-refractivity contribution is 5.83. The van der Waals surface area contributed by atoms with Gasteiger partial charge in [-0.3, -0.25) is 9.69 Å². The van der Waals surface area contributed by atoms with Gasteiger partial charge >= 0.3 is 0 Å². The van der Waals surface area contributed by atoms with Gasteiger partial charge in [0.15, 0.2) is 0 Å². The summed E-state index contributed by atoms with van der Waals surface area (Å²) in [6, 6.07) is 0.0456. The number of Topliss-reactive ketones (excluding diaryl/α,β-unsaturated/α-hetero) is 1. The van der Waals surface area contributed by atoms with Crippen LogP contribution in [-0.2, 0) is 9.53 Å². The van der Waals surface area contributed by atoms with Crippen molar-refractivity contribution in [3.05, 3.63) is 0 Å². The molecule has 0 spiro atoms. The summed E-state index contributed by atoms with van der Waals surface area (Å²) in [5, 5.41) is 0. The minimum Gasteiger partial charge on any atom is -0.377 e. The molecule has 0 bridgehead atoms. The van der Waals surface area contributed by atoms with Crippen molar-refractivity contribution in [2.45, 2.75) is 52.2 Å². The highest BCUT2D eigenvalue weighted by atomic mass is 16.5. The predicted molar refractivity (Wildman–Crippen MR) is 61.0 cm³/mol. The maximum atomic E-state index is 11.6. The van der Waals surface area contributed by atoms with E-state index in [4.69, 9.17) is 4.74 Å². The average Bonchev–Trinajstić information content (AvgIpc) is 2.76. The Bertz CT molecular complexity index is 200. The van der Waals surface area contributed by atoms with Gasteiger partial charge in [-0.05, 0) is 26.3 Å². The number of ketones is 1. The Kier molecular flexibility index (Phi) is 5.26. The number of hydrogen-bond donors (Lipinski definition) is 0. The van der Waals surface area contributed by atoms with E-state index in [2.05, 4.69) is 11.8 Å². The molecule has 0 amide bonds. The Labute approximate surface area is 92.8 Å². The first-order valence-corrected chi connectivity index (χ1v) is 6.07. The van der Waals surface area contributed by atoms with Crippen molar-refractivity contribution in [2.24, 2.45) is 0 Å². The van der Waals surface area contributed by atoms with Crippen molar-refractivity contribution >= 4 is 5.78 Å². The minimum atomic E-state index is 0.0456. The zero-order valence-corrected chi connectivity index (χ0v) is 10.2. The third-order valence-corrected chi connectivity index (χ3v) is 3.23. The number of nitrogens with zero attached hydrogens (tertiary/aromatic N) is 1. The number of hydrogen-bond acceptors (Lipinski definition) is 3. The molecular formula is C12H23NO2. The van der Waals surface area contributed by atoms with Crippen LogP contribution in [0.15, 0.2) is 0 Å². The molecule has 1 rings (SSSR count). The molecule has 0 aromatic heterocycles. The summed E-state index contributed by atoms with van der Waals surface area (Å²) < 4.78 is 5.60. The van der Waals surface area contributed by atoms with Gasteiger partial charge in [-0.1, -0.05) is 13.8 Å². The second kappa shape index (κ2) is 6.23. The van der Waals surface area contributed by atoms with Crippen molar-refractivity contribution in [3.63, 3.8) is 0 Å². The van der Waals surface area contributed by atoms with Crippen LogP contribution in [0, 0.1) is 0 Å². The van der Waals surface area contributed by atoms with Crippen molar-refractivity contribution < 1.29 is 9.53 Å². The normalized spacial score (nSPS) is 23.3. The van der Waals surface area contributed by atoms with Gasteiger partial charge in [0.2, 0.25) is 0 Å². The molecule has 2 atom stereocenters. The number of likely N-dealkylation sites (N-methyl/N-ethyl adjacent to an activating group) is 1. The molecule has 0 saturated carbocycles. The van der Waals surface area contributed by atoms with Crippen molar-refractivity contribution in [1.29, 1.82) is 0 Å². The molecule has 1 aliphatic heterocycles. The molecule has 15 heavy (non-hydrogen) atoms. The quantitative estimate of drug-likeness (QED) is 0.674. The van der Waals surface area contributed by atoms with Crippen LogP contribution in [0.25, 0.3) is 0 Å². The zero-order valence-electron chi connectivity index (χ0n) is 10.2. The molecule has 0 aliphatic carbocycles. The number of carbonyl (C=O) groups is 1. The van der Waals surface area contributed by atoms with Crippen LogP contribution in [0.2, 0.25) is 0 Å². The molecule has 0 aromatic rings. The van der Waals surface area contributed by atoms with E-state index in [-0.39, 0.29) is 6.04 Å². The predicted octanol–water partition coefficient (Wildman–Crippen LogP) is 1.85. The van der Waals surface area contributed by atoms with E-state index in [1.54, 1.807) is 0 Å². The third kappa shape index (κ3) is 3.58. The first kappa shape index (κ1) is 12.7. The monoisotopic (exact) mass is 213 g/mol. The summed E-state index contributed by atoms with van der Waals surface area (Å²) in [6.07, 6.45) is 3.28. The summed E-state index contributed by atoms with van der Waals surface area (Å²) in [6.45, 7) is 8.76. The van der Waals surface area contributed by atoms with E-state index in [9.17, 15) is 4.79 Å². The number of rotatable bonds is 6. The minimum absolute atomic E-state index is 0.0456. The van der Waals surface area contributed by atoms with Crippen LogP contribution in [0.1, 0.15) is 40.0 Å². The van der Waals surface area contributed by atoms with E-state index in [1.165, 1.54) is 6.42 Å². The summed E-state index contributed by atoms with van der Waals surface area (Å²) in [4.78, 5) is 13.8. The van der Waals surface area contributed by atoms with Gasteiger partial charge < -0.3 is 4.74 Å². The largest absolute Gasteiger partial charge is 0.377 e. The van der Waals surface area contributed by atoms with Crippen LogP contribution in [0.4, 0.5) is 0 Å². The molecule has 3 heteroatoms. The molecule has 0 N–H and O–H groups in total. The Morgan fingerprint density at radius 3 is 2.73 bits per heavy atom. The molecular weight excluding hydrogens is 190 g/mol. The van der Waals surface area contributed by atoms with Gasteiger partial charge in [0.25, 0.3) is 0 Å². The standard InChI is InChI=1S/C12H23NO2/c1-4-12(14)10(3)13(5-2)9-11-7-6-8-15-11/h10-11H,4-9H2,1-3H3. The Morgan fingerprint density at radius 2 is 2.27 bits per heavy atom. The lowest BCUT2D eigenvalue weighted by atomic mass is 10.1. The van der Waals surface area contributed by atoms with Crippen LogP contribution >= 0.6 is 0 Å². The van der Waals surface area contributed by atoms with E-state index in [0.29, 0.717) is 18.3 Å². The fourth-order valence-corrected chi connectivity index (χ4v) is 2.11. The van der Waals surface area contributed by atoms with Crippen LogP contribution in [0.3, 0.4) is 0 Å². The second-order valence-corrected chi connectivity index (χ2v) is 4.22. The van der Waals surface area contributed by atoms with Gasteiger partial charge in [-0.2, -0.15) is 0 Å². The van der Waals surface area contributed by atoms with Gasteiger partial charge in [-0.25, -0.2) is 0 Å². The van der Waals surface area contributed by atoms with Gasteiger partial charge in [0.05, 0.1) is 12.1 Å². The molecule has 1 saturated heterocycles. The smallest absolute Gasteiger partial charge is 0.149 e. The molecule has 2 unspecified atom stereocenters. The number of ether oxygens (including phenoxy) is 1. The SMILES string of the molecule is CCC(=O)C(C)N(CC)CC1CCCO1. The first-order valence-electron chi connectivity index (χ1n) is 6.07. The fraction of sp³-hybridized carbons (Fsp3) is 0.917. The maximum Gasteiger partial charge on any atom is 0.149 e. The van der Waals surface area contributed by atoms with Crippen LogP contribution in [-0.4, -0.2) is 42.5 Å². The van der Waals surface area contributed by atoms with E-state index in [0.717, 1.165) is 26.1 Å². The lowest BCUT2D eigenvalue weighted by molar-refractivity contribution is -0.123.